The number of allylic oxidation sites excluding steroid dienone is 5. The Morgan fingerprint density at radius 1 is 1.14 bits per heavy atom. The highest BCUT2D eigenvalue weighted by Gasteiger charge is 2.51. The molecule has 1 N–H and O–H groups in total. The van der Waals surface area contributed by atoms with Crippen LogP contribution in [0.25, 0.3) is 0 Å². The largest absolute Gasteiger partial charge is 0.493 e. The maximum Gasteiger partial charge on any atom is 0.407 e. The molecule has 3 aliphatic rings. The number of esters is 1. The number of hydrogen-bond donors (Lipinski definition) is 1. The number of carbonyl (C=O) groups excluding carboxylic acids is 2. The van der Waals surface area contributed by atoms with E-state index in [1.165, 1.54) is 12.7 Å². The van der Waals surface area contributed by atoms with E-state index in [0.717, 1.165) is 43.4 Å². The number of rotatable bonds is 10. The lowest BCUT2D eigenvalue weighted by Crippen LogP contribution is -2.45. The maximum atomic E-state index is 12.6. The van der Waals surface area contributed by atoms with E-state index in [1.54, 1.807) is 0 Å². The van der Waals surface area contributed by atoms with Crippen molar-refractivity contribution in [2.45, 2.75) is 64.5 Å². The highest BCUT2D eigenvalue weighted by molar-refractivity contribution is 5.90. The summed E-state index contributed by atoms with van der Waals surface area (Å²) in [5.74, 6) is 1.33. The fourth-order valence-corrected chi connectivity index (χ4v) is 4.82. The van der Waals surface area contributed by atoms with Crippen LogP contribution >= 0.6 is 0 Å². The third-order valence-corrected chi connectivity index (χ3v) is 7.02. The zero-order chi connectivity index (χ0) is 25.1. The molecule has 0 saturated heterocycles. The number of methoxy groups -OCH3 is 1. The van der Waals surface area contributed by atoms with Crippen LogP contribution in [0.2, 0.25) is 0 Å². The minimum Gasteiger partial charge on any atom is -0.493 e. The first-order chi connectivity index (χ1) is 16.7. The highest BCUT2D eigenvalue weighted by Crippen LogP contribution is 2.52. The molecular formula is C29H37NO5. The van der Waals surface area contributed by atoms with E-state index in [4.69, 9.17) is 14.2 Å². The topological polar surface area (TPSA) is 73.9 Å². The fraction of sp³-hybridized carbons (Fsp3) is 0.517. The van der Waals surface area contributed by atoms with Gasteiger partial charge in [-0.05, 0) is 82.4 Å². The second kappa shape index (κ2) is 10.3. The Balaban J connectivity index is 1.37. The van der Waals surface area contributed by atoms with Gasteiger partial charge in [0.05, 0.1) is 13.7 Å². The molecule has 2 saturated carbocycles. The molecule has 0 bridgehead atoms. The van der Waals surface area contributed by atoms with Crippen molar-refractivity contribution < 1.29 is 23.8 Å². The first kappa shape index (κ1) is 25.1. The zero-order valence-electron chi connectivity index (χ0n) is 21.2. The van der Waals surface area contributed by atoms with Crippen LogP contribution in [-0.4, -0.2) is 37.4 Å². The van der Waals surface area contributed by atoms with Crippen molar-refractivity contribution in [1.29, 1.82) is 0 Å². The first-order valence-corrected chi connectivity index (χ1v) is 12.5. The molecule has 1 amide bonds. The summed E-state index contributed by atoms with van der Waals surface area (Å²) in [5.41, 5.74) is 1.42. The monoisotopic (exact) mass is 479 g/mol. The Labute approximate surface area is 208 Å². The van der Waals surface area contributed by atoms with Gasteiger partial charge in [0, 0.05) is 17.0 Å². The van der Waals surface area contributed by atoms with Crippen molar-refractivity contribution in [2.24, 2.45) is 17.3 Å². The summed E-state index contributed by atoms with van der Waals surface area (Å²) in [6.45, 7) is 6.19. The summed E-state index contributed by atoms with van der Waals surface area (Å²) in [5, 5.41) is 3.14. The van der Waals surface area contributed by atoms with Crippen LogP contribution < -0.4 is 10.1 Å². The number of benzene rings is 1. The van der Waals surface area contributed by atoms with Crippen LogP contribution in [0, 0.1) is 17.3 Å². The van der Waals surface area contributed by atoms with Gasteiger partial charge in [0.15, 0.2) is 0 Å². The standard InChI is InChI=1S/C29H37NO5/c1-28(2,3)35-27(32)30-25(29(16-17-29)19-34-21-11-6-5-7-12-21)13-9-8-10-20-14-15-22(26(31)33-4)24-18-23(20)24/h5-8,10-12,14-15,23-25H,9,13,16-19H2,1-4H3,(H,30,32)/b10-8+/t23?,24?,25-/m1/s1. The molecule has 1 aromatic rings. The number of carbonyl (C=O) groups is 2. The summed E-state index contributed by atoms with van der Waals surface area (Å²) in [6, 6.07) is 9.77. The molecule has 1 aromatic carbocycles. The highest BCUT2D eigenvalue weighted by atomic mass is 16.6. The molecule has 6 heteroatoms. The quantitative estimate of drug-likeness (QED) is 0.433. The van der Waals surface area contributed by atoms with Gasteiger partial charge < -0.3 is 19.5 Å². The van der Waals surface area contributed by atoms with Crippen molar-refractivity contribution in [2.75, 3.05) is 13.7 Å². The predicted octanol–water partition coefficient (Wildman–Crippen LogP) is 5.75. The van der Waals surface area contributed by atoms with Crippen LogP contribution in [0.1, 0.15) is 52.9 Å². The number of amides is 1. The van der Waals surface area contributed by atoms with Gasteiger partial charge in [-0.2, -0.15) is 0 Å². The van der Waals surface area contributed by atoms with Crippen molar-refractivity contribution >= 4 is 12.1 Å². The van der Waals surface area contributed by atoms with Gasteiger partial charge in [0.25, 0.3) is 0 Å². The van der Waals surface area contributed by atoms with Gasteiger partial charge >= 0.3 is 12.1 Å². The lowest BCUT2D eigenvalue weighted by atomic mass is 9.92. The lowest BCUT2D eigenvalue weighted by Gasteiger charge is -2.29. The van der Waals surface area contributed by atoms with Crippen LogP contribution in [0.5, 0.6) is 5.75 Å². The van der Waals surface area contributed by atoms with Crippen molar-refractivity contribution in [1.82, 2.24) is 5.32 Å². The Bertz CT molecular complexity index is 1010. The minimum atomic E-state index is -0.545. The molecule has 35 heavy (non-hydrogen) atoms. The van der Waals surface area contributed by atoms with Crippen LogP contribution in [-0.2, 0) is 14.3 Å². The molecule has 6 nitrogen and oxygen atoms in total. The number of para-hydroxylation sites is 1. The molecule has 4 rings (SSSR count). The van der Waals surface area contributed by atoms with E-state index >= 15 is 0 Å². The Morgan fingerprint density at radius 2 is 1.89 bits per heavy atom. The average molecular weight is 480 g/mol. The number of nitrogens with one attached hydrogen (secondary N) is 1. The molecule has 3 atom stereocenters. The molecule has 2 unspecified atom stereocenters. The van der Waals surface area contributed by atoms with Gasteiger partial charge in [0.1, 0.15) is 11.4 Å². The van der Waals surface area contributed by atoms with E-state index in [-0.39, 0.29) is 23.5 Å². The van der Waals surface area contributed by atoms with Gasteiger partial charge in [-0.25, -0.2) is 9.59 Å². The van der Waals surface area contributed by atoms with Crippen molar-refractivity contribution in [3.63, 3.8) is 0 Å². The third kappa shape index (κ3) is 6.56. The number of fused-ring (bicyclic) bond motifs is 1. The second-order valence-electron chi connectivity index (χ2n) is 10.9. The smallest absolute Gasteiger partial charge is 0.407 e. The fourth-order valence-electron chi connectivity index (χ4n) is 4.82. The van der Waals surface area contributed by atoms with E-state index in [9.17, 15) is 9.59 Å². The van der Waals surface area contributed by atoms with Crippen molar-refractivity contribution in [3.8, 4) is 5.75 Å². The average Bonchev–Trinajstić information content (AvgIpc) is 3.73. The summed E-state index contributed by atoms with van der Waals surface area (Å²) < 4.78 is 16.5. The van der Waals surface area contributed by atoms with Gasteiger partial charge in [-0.15, -0.1) is 0 Å². The second-order valence-corrected chi connectivity index (χ2v) is 10.9. The van der Waals surface area contributed by atoms with Crippen LogP contribution in [0.15, 0.2) is 65.8 Å². The van der Waals surface area contributed by atoms with Gasteiger partial charge in [-0.3, -0.25) is 0 Å². The van der Waals surface area contributed by atoms with E-state index in [1.807, 2.05) is 63.3 Å². The normalized spacial score (nSPS) is 22.9. The molecule has 2 fully saturated rings. The Kier molecular flexibility index (Phi) is 7.39. The number of alkyl carbamates (subject to hydrolysis) is 1. The van der Waals surface area contributed by atoms with E-state index < -0.39 is 5.60 Å². The van der Waals surface area contributed by atoms with Crippen LogP contribution in [0.3, 0.4) is 0 Å². The molecule has 0 heterocycles. The SMILES string of the molecule is COC(=O)C1=CC=C(/C=C/CC[C@@H](NC(=O)OC(C)(C)C)C2(COc3ccccc3)CC2)C2CC12. The minimum absolute atomic E-state index is 0.0365. The molecule has 0 aliphatic heterocycles. The predicted molar refractivity (Wildman–Crippen MR) is 135 cm³/mol. The number of hydrogen-bond acceptors (Lipinski definition) is 5. The summed E-state index contributed by atoms with van der Waals surface area (Å²) >= 11 is 0. The van der Waals surface area contributed by atoms with E-state index in [2.05, 4.69) is 17.5 Å². The Morgan fingerprint density at radius 3 is 2.54 bits per heavy atom. The van der Waals surface area contributed by atoms with Crippen LogP contribution in [0.4, 0.5) is 4.79 Å². The summed E-state index contributed by atoms with van der Waals surface area (Å²) in [4.78, 5) is 24.5. The molecule has 0 radical (unpaired) electrons. The molecule has 0 spiro atoms. The first-order valence-electron chi connectivity index (χ1n) is 12.5. The Hall–Kier alpha value is -3.02. The maximum absolute atomic E-state index is 12.6. The van der Waals surface area contributed by atoms with Gasteiger partial charge in [0.2, 0.25) is 0 Å². The zero-order valence-corrected chi connectivity index (χ0v) is 21.2. The van der Waals surface area contributed by atoms with Gasteiger partial charge in [-0.1, -0.05) is 42.5 Å². The summed E-state index contributed by atoms with van der Waals surface area (Å²) in [7, 11) is 1.43. The lowest BCUT2D eigenvalue weighted by molar-refractivity contribution is -0.136. The molecule has 3 aliphatic carbocycles. The molecular weight excluding hydrogens is 442 g/mol. The van der Waals surface area contributed by atoms with E-state index in [0.29, 0.717) is 18.4 Å². The van der Waals surface area contributed by atoms with Crippen molar-refractivity contribution in [3.05, 3.63) is 65.8 Å². The number of ether oxygens (including phenoxy) is 3. The summed E-state index contributed by atoms with van der Waals surface area (Å²) in [6.07, 6.45) is 12.6. The molecule has 188 valence electrons. The molecule has 0 aromatic heterocycles. The third-order valence-electron chi connectivity index (χ3n) is 7.02.